The Morgan fingerprint density at radius 1 is 0.926 bits per heavy atom. The summed E-state index contributed by atoms with van der Waals surface area (Å²) < 4.78 is 5.47. The van der Waals surface area contributed by atoms with Gasteiger partial charge in [0, 0.05) is 0 Å². The number of carbonyl (C=O) groups excluding carboxylic acids is 3. The molecule has 2 amide bonds. The van der Waals surface area contributed by atoms with E-state index in [9.17, 15) is 14.4 Å². The fourth-order valence-electron chi connectivity index (χ4n) is 2.77. The van der Waals surface area contributed by atoms with Crippen molar-refractivity contribution in [2.24, 2.45) is 0 Å². The molecule has 0 radical (unpaired) electrons. The Labute approximate surface area is 159 Å². The normalized spacial score (nSPS) is 15.2. The van der Waals surface area contributed by atoms with Gasteiger partial charge in [0.2, 0.25) is 0 Å². The quantitative estimate of drug-likeness (QED) is 0.418. The van der Waals surface area contributed by atoms with Crippen molar-refractivity contribution >= 4 is 45.7 Å². The van der Waals surface area contributed by atoms with Crippen molar-refractivity contribution in [3.05, 3.63) is 82.8 Å². The van der Waals surface area contributed by atoms with Gasteiger partial charge in [-0.3, -0.25) is 14.9 Å². The summed E-state index contributed by atoms with van der Waals surface area (Å²) in [5.74, 6) is -0.444. The van der Waals surface area contributed by atoms with Crippen molar-refractivity contribution in [2.75, 3.05) is 0 Å². The highest BCUT2D eigenvalue weighted by atomic mass is 32.2. The van der Waals surface area contributed by atoms with Crippen LogP contribution in [0.15, 0.2) is 71.6 Å². The lowest BCUT2D eigenvalue weighted by Gasteiger charge is -2.07. The van der Waals surface area contributed by atoms with Crippen LogP contribution in [0, 0.1) is 0 Å². The first kappa shape index (κ1) is 17.1. The first-order valence-electron chi connectivity index (χ1n) is 8.15. The fraction of sp³-hybridized carbons (Fsp3) is 0. The summed E-state index contributed by atoms with van der Waals surface area (Å²) in [6, 6.07) is 19.8. The monoisotopic (exact) mass is 375 g/mol. The predicted octanol–water partition coefficient (Wildman–Crippen LogP) is 4.38. The maximum absolute atomic E-state index is 12.5. The van der Waals surface area contributed by atoms with E-state index in [-0.39, 0.29) is 5.24 Å². The van der Waals surface area contributed by atoms with E-state index < -0.39 is 11.9 Å². The zero-order valence-corrected chi connectivity index (χ0v) is 14.8. The van der Waals surface area contributed by atoms with Crippen LogP contribution in [-0.4, -0.2) is 17.1 Å². The highest BCUT2D eigenvalue weighted by molar-refractivity contribution is 8.18. The highest BCUT2D eigenvalue weighted by Gasteiger charge is 2.24. The van der Waals surface area contributed by atoms with Gasteiger partial charge in [0.25, 0.3) is 11.1 Å². The predicted molar refractivity (Wildman–Crippen MR) is 104 cm³/mol. The molecule has 1 N–H and O–H groups in total. The maximum Gasteiger partial charge on any atom is 0.344 e. The molecule has 1 fully saturated rings. The zero-order valence-electron chi connectivity index (χ0n) is 14.0. The number of esters is 1. The van der Waals surface area contributed by atoms with E-state index in [1.54, 1.807) is 36.4 Å². The summed E-state index contributed by atoms with van der Waals surface area (Å²) in [5.41, 5.74) is 1.23. The number of thioether (sulfide) groups is 1. The van der Waals surface area contributed by atoms with Gasteiger partial charge < -0.3 is 4.74 Å². The van der Waals surface area contributed by atoms with Crippen molar-refractivity contribution in [3.63, 3.8) is 0 Å². The molecule has 0 aromatic heterocycles. The van der Waals surface area contributed by atoms with E-state index in [2.05, 4.69) is 5.32 Å². The highest BCUT2D eigenvalue weighted by Crippen LogP contribution is 2.26. The molecule has 1 aliphatic heterocycles. The van der Waals surface area contributed by atoms with Crippen LogP contribution in [0.4, 0.5) is 4.79 Å². The molecule has 0 saturated carbocycles. The van der Waals surface area contributed by atoms with E-state index in [0.717, 1.165) is 28.1 Å². The summed E-state index contributed by atoms with van der Waals surface area (Å²) >= 11 is 0.858. The number of rotatable bonds is 3. The zero-order chi connectivity index (χ0) is 18.8. The SMILES string of the molecule is O=C1NC(=O)/C(=C/c2ccc(OC(=O)c3cccc4ccccc34)cc2)S1. The molecule has 0 atom stereocenters. The van der Waals surface area contributed by atoms with Crippen LogP contribution in [0.25, 0.3) is 16.8 Å². The molecular formula is C21H13NO4S. The van der Waals surface area contributed by atoms with Crippen molar-refractivity contribution in [2.45, 2.75) is 0 Å². The number of carbonyl (C=O) groups is 3. The van der Waals surface area contributed by atoms with Gasteiger partial charge in [-0.2, -0.15) is 0 Å². The fourth-order valence-corrected chi connectivity index (χ4v) is 3.45. The topological polar surface area (TPSA) is 72.5 Å². The number of fused-ring (bicyclic) bond motifs is 1. The van der Waals surface area contributed by atoms with Crippen LogP contribution in [-0.2, 0) is 4.79 Å². The van der Waals surface area contributed by atoms with Gasteiger partial charge in [-0.05, 0) is 52.4 Å². The van der Waals surface area contributed by atoms with Crippen LogP contribution in [0.3, 0.4) is 0 Å². The minimum Gasteiger partial charge on any atom is -0.423 e. The minimum absolute atomic E-state index is 0.334. The number of benzene rings is 3. The molecule has 5 nitrogen and oxygen atoms in total. The Morgan fingerprint density at radius 2 is 1.67 bits per heavy atom. The molecule has 4 rings (SSSR count). The van der Waals surface area contributed by atoms with E-state index >= 15 is 0 Å². The second kappa shape index (κ2) is 7.09. The second-order valence-corrected chi connectivity index (χ2v) is 6.85. The largest absolute Gasteiger partial charge is 0.423 e. The number of imide groups is 1. The Morgan fingerprint density at radius 3 is 2.41 bits per heavy atom. The van der Waals surface area contributed by atoms with Crippen molar-refractivity contribution in [3.8, 4) is 5.75 Å². The molecule has 1 aliphatic rings. The summed E-state index contributed by atoms with van der Waals surface area (Å²) in [5, 5.41) is 3.62. The van der Waals surface area contributed by atoms with Crippen LogP contribution in [0.2, 0.25) is 0 Å². The summed E-state index contributed by atoms with van der Waals surface area (Å²) in [6.45, 7) is 0. The van der Waals surface area contributed by atoms with Crippen LogP contribution >= 0.6 is 11.8 Å². The average Bonchev–Trinajstić information content (AvgIpc) is 2.99. The Hall–Kier alpha value is -3.38. The molecule has 27 heavy (non-hydrogen) atoms. The third-order valence-corrected chi connectivity index (χ3v) is 4.85. The lowest BCUT2D eigenvalue weighted by molar-refractivity contribution is -0.115. The smallest absolute Gasteiger partial charge is 0.344 e. The van der Waals surface area contributed by atoms with E-state index in [1.807, 2.05) is 36.4 Å². The molecule has 0 spiro atoms. The average molecular weight is 375 g/mol. The number of hydrogen-bond donors (Lipinski definition) is 1. The van der Waals surface area contributed by atoms with Gasteiger partial charge in [0.05, 0.1) is 10.5 Å². The molecule has 0 aliphatic carbocycles. The third-order valence-electron chi connectivity index (χ3n) is 4.04. The molecule has 0 unspecified atom stereocenters. The molecule has 0 bridgehead atoms. The first-order chi connectivity index (χ1) is 13.1. The van der Waals surface area contributed by atoms with Crippen molar-refractivity contribution in [1.82, 2.24) is 5.32 Å². The molecule has 6 heteroatoms. The van der Waals surface area contributed by atoms with E-state index in [4.69, 9.17) is 4.74 Å². The molecular weight excluding hydrogens is 362 g/mol. The molecule has 1 heterocycles. The van der Waals surface area contributed by atoms with Gasteiger partial charge in [-0.15, -0.1) is 0 Å². The van der Waals surface area contributed by atoms with Gasteiger partial charge in [-0.1, -0.05) is 48.5 Å². The third kappa shape index (κ3) is 3.61. The summed E-state index contributed by atoms with van der Waals surface area (Å²) in [7, 11) is 0. The van der Waals surface area contributed by atoms with Gasteiger partial charge in [-0.25, -0.2) is 4.79 Å². The van der Waals surface area contributed by atoms with Gasteiger partial charge in [0.1, 0.15) is 5.75 Å². The maximum atomic E-state index is 12.5. The van der Waals surface area contributed by atoms with Gasteiger partial charge >= 0.3 is 5.97 Å². The number of nitrogens with one attached hydrogen (secondary N) is 1. The molecule has 1 saturated heterocycles. The van der Waals surface area contributed by atoms with Crippen LogP contribution in [0.5, 0.6) is 5.75 Å². The minimum atomic E-state index is -0.436. The van der Waals surface area contributed by atoms with Crippen molar-refractivity contribution < 1.29 is 19.1 Å². The Balaban J connectivity index is 1.53. The summed E-state index contributed by atoms with van der Waals surface area (Å²) in [4.78, 5) is 35.6. The molecule has 3 aromatic carbocycles. The number of hydrogen-bond acceptors (Lipinski definition) is 5. The lowest BCUT2D eigenvalue weighted by Crippen LogP contribution is -2.17. The van der Waals surface area contributed by atoms with Crippen LogP contribution in [0.1, 0.15) is 15.9 Å². The van der Waals surface area contributed by atoms with Crippen LogP contribution < -0.4 is 10.1 Å². The standard InChI is InChI=1S/C21H13NO4S/c23-19-18(27-21(25)22-19)12-13-8-10-15(11-9-13)26-20(24)17-7-3-5-14-4-1-2-6-16(14)17/h1-12H,(H,22,23,25)/b18-12-. The molecule has 132 valence electrons. The number of ether oxygens (including phenoxy) is 1. The summed E-state index contributed by atoms with van der Waals surface area (Å²) in [6.07, 6.45) is 1.61. The van der Waals surface area contributed by atoms with E-state index in [1.165, 1.54) is 0 Å². The first-order valence-corrected chi connectivity index (χ1v) is 8.97. The lowest BCUT2D eigenvalue weighted by atomic mass is 10.0. The molecule has 3 aromatic rings. The van der Waals surface area contributed by atoms with Gasteiger partial charge in [0.15, 0.2) is 0 Å². The van der Waals surface area contributed by atoms with E-state index in [0.29, 0.717) is 16.2 Å². The Kier molecular flexibility index (Phi) is 4.48. The Bertz CT molecular complexity index is 1100. The second-order valence-electron chi connectivity index (χ2n) is 5.84. The number of amides is 2. The van der Waals surface area contributed by atoms with Crippen molar-refractivity contribution in [1.29, 1.82) is 0 Å².